The van der Waals surface area contributed by atoms with E-state index in [9.17, 15) is 4.79 Å². The van der Waals surface area contributed by atoms with Gasteiger partial charge >= 0.3 is 0 Å². The minimum atomic E-state index is -0.0445. The fourth-order valence-corrected chi connectivity index (χ4v) is 4.05. The minimum Gasteiger partial charge on any atom is -0.370 e. The molecule has 0 radical (unpaired) electrons. The van der Waals surface area contributed by atoms with Crippen molar-refractivity contribution in [2.45, 2.75) is 32.1 Å². The summed E-state index contributed by atoms with van der Waals surface area (Å²) >= 11 is 0. The van der Waals surface area contributed by atoms with E-state index in [0.717, 1.165) is 43.9 Å². The molecular weight excluding hydrogens is 338 g/mol. The van der Waals surface area contributed by atoms with Crippen LogP contribution in [-0.2, 0) is 4.79 Å². The molecule has 27 heavy (non-hydrogen) atoms. The van der Waals surface area contributed by atoms with Crippen molar-refractivity contribution in [2.75, 3.05) is 41.3 Å². The number of hydrogen-bond acceptors (Lipinski definition) is 5. The molecular formula is C21H27N5O. The van der Waals surface area contributed by atoms with Crippen LogP contribution in [-0.4, -0.2) is 42.1 Å². The highest BCUT2D eigenvalue weighted by molar-refractivity contribution is 5.96. The third kappa shape index (κ3) is 4.21. The molecule has 2 aliphatic heterocycles. The molecule has 6 nitrogen and oxygen atoms in total. The second-order valence-electron chi connectivity index (χ2n) is 7.39. The van der Waals surface area contributed by atoms with E-state index in [2.05, 4.69) is 37.2 Å². The van der Waals surface area contributed by atoms with Crippen LogP contribution in [0.25, 0.3) is 0 Å². The first-order chi connectivity index (χ1) is 13.3. The molecule has 2 aromatic rings. The number of aromatic nitrogens is 2. The van der Waals surface area contributed by atoms with Crippen LogP contribution >= 0.6 is 0 Å². The average molecular weight is 365 g/mol. The van der Waals surface area contributed by atoms with Crippen LogP contribution < -0.4 is 15.1 Å². The van der Waals surface area contributed by atoms with Gasteiger partial charge in [0.1, 0.15) is 0 Å². The number of anilines is 3. The van der Waals surface area contributed by atoms with E-state index < -0.39 is 0 Å². The van der Waals surface area contributed by atoms with Crippen LogP contribution in [0.1, 0.15) is 32.1 Å². The van der Waals surface area contributed by atoms with Crippen molar-refractivity contribution >= 4 is 23.2 Å². The van der Waals surface area contributed by atoms with E-state index >= 15 is 0 Å². The second kappa shape index (κ2) is 8.37. The van der Waals surface area contributed by atoms with Crippen LogP contribution in [0.3, 0.4) is 0 Å². The summed E-state index contributed by atoms with van der Waals surface area (Å²) in [5.74, 6) is 0.765. The van der Waals surface area contributed by atoms with Gasteiger partial charge in [0.25, 0.3) is 0 Å². The van der Waals surface area contributed by atoms with E-state index in [1.807, 2.05) is 18.2 Å². The van der Waals surface area contributed by atoms with Gasteiger partial charge < -0.3 is 15.1 Å². The smallest absolute Gasteiger partial charge is 0.229 e. The summed E-state index contributed by atoms with van der Waals surface area (Å²) in [4.78, 5) is 26.2. The summed E-state index contributed by atoms with van der Waals surface area (Å²) in [5.41, 5.74) is 2.07. The molecule has 0 spiro atoms. The Morgan fingerprint density at radius 1 is 0.926 bits per heavy atom. The molecule has 6 heteroatoms. The van der Waals surface area contributed by atoms with Gasteiger partial charge in [-0.15, -0.1) is 0 Å². The Morgan fingerprint density at radius 2 is 1.67 bits per heavy atom. The predicted octanol–water partition coefficient (Wildman–Crippen LogP) is 3.32. The Hall–Kier alpha value is -2.63. The van der Waals surface area contributed by atoms with Gasteiger partial charge in [0.05, 0.1) is 17.3 Å². The molecule has 2 saturated heterocycles. The molecule has 1 aromatic heterocycles. The largest absolute Gasteiger partial charge is 0.370 e. The van der Waals surface area contributed by atoms with Crippen molar-refractivity contribution in [3.05, 3.63) is 42.7 Å². The number of rotatable bonds is 4. The van der Waals surface area contributed by atoms with Crippen molar-refractivity contribution in [3.63, 3.8) is 0 Å². The molecule has 0 bridgehead atoms. The van der Waals surface area contributed by atoms with Crippen molar-refractivity contribution in [2.24, 2.45) is 5.92 Å². The molecule has 2 aliphatic rings. The van der Waals surface area contributed by atoms with Gasteiger partial charge in [0, 0.05) is 38.6 Å². The molecule has 1 unspecified atom stereocenters. The lowest BCUT2D eigenvalue weighted by Gasteiger charge is -2.33. The summed E-state index contributed by atoms with van der Waals surface area (Å²) < 4.78 is 0. The van der Waals surface area contributed by atoms with E-state index in [0.29, 0.717) is 12.5 Å². The highest BCUT2D eigenvalue weighted by atomic mass is 16.1. The minimum absolute atomic E-state index is 0.0445. The van der Waals surface area contributed by atoms with E-state index in [1.54, 1.807) is 12.4 Å². The van der Waals surface area contributed by atoms with Crippen LogP contribution in [0.5, 0.6) is 0 Å². The van der Waals surface area contributed by atoms with Gasteiger partial charge in [-0.2, -0.15) is 0 Å². The quantitative estimate of drug-likeness (QED) is 0.901. The highest BCUT2D eigenvalue weighted by Crippen LogP contribution is 2.29. The zero-order valence-corrected chi connectivity index (χ0v) is 15.7. The molecule has 0 saturated carbocycles. The van der Waals surface area contributed by atoms with Crippen LogP contribution in [0.15, 0.2) is 42.7 Å². The topological polar surface area (TPSA) is 61.4 Å². The maximum atomic E-state index is 13.0. The number of benzene rings is 1. The number of nitrogens with zero attached hydrogens (tertiary/aromatic N) is 4. The number of amides is 1. The second-order valence-corrected chi connectivity index (χ2v) is 7.39. The fourth-order valence-electron chi connectivity index (χ4n) is 4.05. The van der Waals surface area contributed by atoms with E-state index in [-0.39, 0.29) is 11.8 Å². The number of para-hydroxylation sites is 2. The SMILES string of the molecule is O=C(Nc1ccccc1N1CCCCC1)C1CCCN(c2ncccn2)C1. The van der Waals surface area contributed by atoms with Crippen molar-refractivity contribution in [3.8, 4) is 0 Å². The lowest BCUT2D eigenvalue weighted by Crippen LogP contribution is -2.41. The first-order valence-electron chi connectivity index (χ1n) is 9.98. The summed E-state index contributed by atoms with van der Waals surface area (Å²) in [6.45, 7) is 3.70. The Labute approximate surface area is 160 Å². The monoisotopic (exact) mass is 365 g/mol. The zero-order valence-electron chi connectivity index (χ0n) is 15.7. The number of hydrogen-bond donors (Lipinski definition) is 1. The summed E-state index contributed by atoms with van der Waals surface area (Å²) in [6.07, 6.45) is 9.12. The fraction of sp³-hybridized carbons (Fsp3) is 0.476. The normalized spacial score (nSPS) is 20.4. The first kappa shape index (κ1) is 17.8. The van der Waals surface area contributed by atoms with E-state index in [1.165, 1.54) is 19.3 Å². The molecule has 1 amide bonds. The maximum Gasteiger partial charge on any atom is 0.229 e. The van der Waals surface area contributed by atoms with Crippen LogP contribution in [0.2, 0.25) is 0 Å². The third-order valence-electron chi connectivity index (χ3n) is 5.49. The number of nitrogens with one attached hydrogen (secondary N) is 1. The maximum absolute atomic E-state index is 13.0. The first-order valence-corrected chi connectivity index (χ1v) is 9.98. The Bertz CT molecular complexity index is 760. The standard InChI is InChI=1S/C21H27N5O/c27-20(17-8-6-15-26(16-17)21-22-11-7-12-23-21)24-18-9-2-3-10-19(18)25-13-4-1-5-14-25/h2-3,7,9-12,17H,1,4-6,8,13-16H2,(H,24,27). The Morgan fingerprint density at radius 3 is 2.48 bits per heavy atom. The summed E-state index contributed by atoms with van der Waals surface area (Å²) in [6, 6.07) is 9.99. The van der Waals surface area contributed by atoms with Gasteiger partial charge in [-0.25, -0.2) is 9.97 Å². The van der Waals surface area contributed by atoms with Crippen molar-refractivity contribution in [1.29, 1.82) is 0 Å². The molecule has 1 N–H and O–H groups in total. The predicted molar refractivity (Wildman–Crippen MR) is 108 cm³/mol. The molecule has 1 aromatic carbocycles. The number of piperidine rings is 2. The van der Waals surface area contributed by atoms with Crippen molar-refractivity contribution in [1.82, 2.24) is 9.97 Å². The molecule has 3 heterocycles. The van der Waals surface area contributed by atoms with Crippen LogP contribution in [0.4, 0.5) is 17.3 Å². The highest BCUT2D eigenvalue weighted by Gasteiger charge is 2.28. The lowest BCUT2D eigenvalue weighted by molar-refractivity contribution is -0.120. The third-order valence-corrected chi connectivity index (χ3v) is 5.49. The Kier molecular flexibility index (Phi) is 5.51. The van der Waals surface area contributed by atoms with Crippen molar-refractivity contribution < 1.29 is 4.79 Å². The van der Waals surface area contributed by atoms with Gasteiger partial charge in [-0.3, -0.25) is 4.79 Å². The molecule has 4 rings (SSSR count). The number of carbonyl (C=O) groups excluding carboxylic acids is 1. The molecule has 0 aliphatic carbocycles. The number of carbonyl (C=O) groups is 1. The molecule has 2 fully saturated rings. The zero-order chi connectivity index (χ0) is 18.5. The van der Waals surface area contributed by atoms with Gasteiger partial charge in [-0.1, -0.05) is 12.1 Å². The molecule has 1 atom stereocenters. The molecule has 142 valence electrons. The summed E-state index contributed by atoms with van der Waals surface area (Å²) in [7, 11) is 0. The summed E-state index contributed by atoms with van der Waals surface area (Å²) in [5, 5.41) is 3.20. The Balaban J connectivity index is 1.44. The lowest BCUT2D eigenvalue weighted by atomic mass is 9.97. The van der Waals surface area contributed by atoms with Gasteiger partial charge in [0.15, 0.2) is 0 Å². The average Bonchev–Trinajstić information content (AvgIpc) is 2.75. The van der Waals surface area contributed by atoms with Crippen LogP contribution in [0, 0.1) is 5.92 Å². The van der Waals surface area contributed by atoms with Gasteiger partial charge in [-0.05, 0) is 50.3 Å². The van der Waals surface area contributed by atoms with Gasteiger partial charge in [0.2, 0.25) is 11.9 Å². The van der Waals surface area contributed by atoms with E-state index in [4.69, 9.17) is 0 Å².